The van der Waals surface area contributed by atoms with E-state index in [1.165, 1.54) is 14.2 Å². The lowest BCUT2D eigenvalue weighted by Gasteiger charge is -2.03. The Labute approximate surface area is 105 Å². The molecule has 0 unspecified atom stereocenters. The van der Waals surface area contributed by atoms with Crippen LogP contribution in [0.25, 0.3) is 0 Å². The second-order valence-corrected chi connectivity index (χ2v) is 3.61. The summed E-state index contributed by atoms with van der Waals surface area (Å²) in [6.45, 7) is 0. The van der Waals surface area contributed by atoms with Crippen LogP contribution in [-0.4, -0.2) is 31.1 Å². The fraction of sp³-hybridized carbons (Fsp3) is 0.417. The highest BCUT2D eigenvalue weighted by molar-refractivity contribution is 5.74. The molecule has 0 aliphatic carbocycles. The predicted molar refractivity (Wildman–Crippen MR) is 61.6 cm³/mol. The molecule has 1 aromatic heterocycles. The number of nitrogens with one attached hydrogen (secondary N) is 1. The van der Waals surface area contributed by atoms with Gasteiger partial charge in [-0.3, -0.25) is 9.59 Å². The first kappa shape index (κ1) is 13.8. The van der Waals surface area contributed by atoms with E-state index in [2.05, 4.69) is 14.5 Å². The standard InChI is InChI=1S/C12H14N2O4/c1-17-11(15)4-3-8-7-14-10(6-13)9(8)5-12(16)18-2/h7,14H,3-5H2,1-2H3. The molecule has 6 nitrogen and oxygen atoms in total. The highest BCUT2D eigenvalue weighted by Gasteiger charge is 2.16. The minimum atomic E-state index is -0.426. The Balaban J connectivity index is 2.85. The average Bonchev–Trinajstić information content (AvgIpc) is 2.77. The van der Waals surface area contributed by atoms with Crippen molar-refractivity contribution in [2.45, 2.75) is 19.3 Å². The van der Waals surface area contributed by atoms with E-state index in [9.17, 15) is 9.59 Å². The van der Waals surface area contributed by atoms with Gasteiger partial charge in [0.2, 0.25) is 0 Å². The van der Waals surface area contributed by atoms with E-state index in [0.29, 0.717) is 17.7 Å². The lowest BCUT2D eigenvalue weighted by molar-refractivity contribution is -0.140. The van der Waals surface area contributed by atoms with Crippen molar-refractivity contribution in [3.63, 3.8) is 0 Å². The average molecular weight is 250 g/mol. The smallest absolute Gasteiger partial charge is 0.310 e. The topological polar surface area (TPSA) is 92.2 Å². The summed E-state index contributed by atoms with van der Waals surface area (Å²) in [5.74, 6) is -0.760. The van der Waals surface area contributed by atoms with Crippen LogP contribution in [0.3, 0.4) is 0 Å². The molecule has 0 aromatic carbocycles. The van der Waals surface area contributed by atoms with Crippen molar-refractivity contribution in [2.75, 3.05) is 14.2 Å². The lowest BCUT2D eigenvalue weighted by atomic mass is 10.0. The second-order valence-electron chi connectivity index (χ2n) is 3.61. The van der Waals surface area contributed by atoms with Gasteiger partial charge in [-0.1, -0.05) is 0 Å². The maximum atomic E-state index is 11.3. The number of H-pyrrole nitrogens is 1. The van der Waals surface area contributed by atoms with E-state index in [1.807, 2.05) is 6.07 Å². The zero-order valence-electron chi connectivity index (χ0n) is 10.3. The van der Waals surface area contributed by atoms with Crippen LogP contribution in [0.1, 0.15) is 23.2 Å². The molecule has 0 atom stereocenters. The molecule has 0 aliphatic heterocycles. The molecule has 1 N–H and O–H groups in total. The van der Waals surface area contributed by atoms with Gasteiger partial charge >= 0.3 is 11.9 Å². The number of ether oxygens (including phenoxy) is 2. The third kappa shape index (κ3) is 3.35. The maximum absolute atomic E-state index is 11.3. The number of aromatic nitrogens is 1. The van der Waals surface area contributed by atoms with E-state index < -0.39 is 5.97 Å². The van der Waals surface area contributed by atoms with Gasteiger partial charge in [-0.15, -0.1) is 0 Å². The van der Waals surface area contributed by atoms with Gasteiger partial charge in [-0.2, -0.15) is 5.26 Å². The Morgan fingerprint density at radius 3 is 2.56 bits per heavy atom. The molecule has 18 heavy (non-hydrogen) atoms. The van der Waals surface area contributed by atoms with E-state index in [-0.39, 0.29) is 18.8 Å². The van der Waals surface area contributed by atoms with Crippen molar-refractivity contribution >= 4 is 11.9 Å². The number of hydrogen-bond donors (Lipinski definition) is 1. The number of esters is 2. The molecule has 0 radical (unpaired) electrons. The van der Waals surface area contributed by atoms with Crippen LogP contribution < -0.4 is 0 Å². The Hall–Kier alpha value is -2.29. The zero-order valence-corrected chi connectivity index (χ0v) is 10.3. The maximum Gasteiger partial charge on any atom is 0.310 e. The molecule has 1 rings (SSSR count). The van der Waals surface area contributed by atoms with Crippen molar-refractivity contribution in [3.8, 4) is 6.07 Å². The molecule has 0 amide bonds. The number of carbonyl (C=O) groups excluding carboxylic acids is 2. The molecule has 0 bridgehead atoms. The summed E-state index contributed by atoms with van der Waals surface area (Å²) in [6.07, 6.45) is 2.25. The first-order valence-electron chi connectivity index (χ1n) is 5.35. The third-order valence-electron chi connectivity index (χ3n) is 2.57. The van der Waals surface area contributed by atoms with Gasteiger partial charge in [-0.25, -0.2) is 0 Å². The van der Waals surface area contributed by atoms with Crippen molar-refractivity contribution < 1.29 is 19.1 Å². The quantitative estimate of drug-likeness (QED) is 0.777. The number of aryl methyl sites for hydroxylation is 1. The summed E-state index contributed by atoms with van der Waals surface area (Å²) in [6, 6.07) is 1.97. The lowest BCUT2D eigenvalue weighted by Crippen LogP contribution is -2.08. The molecule has 0 fully saturated rings. The monoisotopic (exact) mass is 250 g/mol. The van der Waals surface area contributed by atoms with Crippen LogP contribution >= 0.6 is 0 Å². The fourth-order valence-corrected chi connectivity index (χ4v) is 1.57. The van der Waals surface area contributed by atoms with Crippen LogP contribution in [0.4, 0.5) is 0 Å². The Kier molecular flexibility index (Phi) is 4.93. The van der Waals surface area contributed by atoms with Crippen molar-refractivity contribution in [3.05, 3.63) is 23.0 Å². The largest absolute Gasteiger partial charge is 0.469 e. The molecule has 1 heterocycles. The van der Waals surface area contributed by atoms with Crippen LogP contribution in [0.5, 0.6) is 0 Å². The van der Waals surface area contributed by atoms with Gasteiger partial charge in [0.25, 0.3) is 0 Å². The van der Waals surface area contributed by atoms with Crippen molar-refractivity contribution in [1.29, 1.82) is 5.26 Å². The Morgan fingerprint density at radius 1 is 1.33 bits per heavy atom. The number of carbonyl (C=O) groups is 2. The van der Waals surface area contributed by atoms with Crippen LogP contribution in [-0.2, 0) is 31.9 Å². The van der Waals surface area contributed by atoms with Gasteiger partial charge in [0.05, 0.1) is 20.6 Å². The summed E-state index contributed by atoms with van der Waals surface area (Å²) < 4.78 is 9.11. The zero-order chi connectivity index (χ0) is 13.5. The first-order chi connectivity index (χ1) is 8.62. The summed E-state index contributed by atoms with van der Waals surface area (Å²) in [5, 5.41) is 8.92. The van der Waals surface area contributed by atoms with E-state index in [4.69, 9.17) is 5.26 Å². The molecule has 96 valence electrons. The minimum Gasteiger partial charge on any atom is -0.469 e. The molecular weight excluding hydrogens is 236 g/mol. The number of nitrogens with zero attached hydrogens (tertiary/aromatic N) is 1. The number of aromatic amines is 1. The Bertz CT molecular complexity index is 485. The summed E-state index contributed by atoms with van der Waals surface area (Å²) in [5.41, 5.74) is 1.65. The first-order valence-corrected chi connectivity index (χ1v) is 5.35. The second kappa shape index (κ2) is 6.45. The van der Waals surface area contributed by atoms with E-state index >= 15 is 0 Å². The molecular formula is C12H14N2O4. The van der Waals surface area contributed by atoms with Gasteiger partial charge in [0.1, 0.15) is 11.8 Å². The number of nitriles is 1. The SMILES string of the molecule is COC(=O)CCc1c[nH]c(C#N)c1CC(=O)OC. The van der Waals surface area contributed by atoms with Crippen molar-refractivity contribution in [1.82, 2.24) is 4.98 Å². The molecule has 6 heteroatoms. The highest BCUT2D eigenvalue weighted by atomic mass is 16.5. The number of hydrogen-bond acceptors (Lipinski definition) is 5. The van der Waals surface area contributed by atoms with E-state index in [1.54, 1.807) is 6.20 Å². The number of methoxy groups -OCH3 is 2. The Morgan fingerprint density at radius 2 is 2.00 bits per heavy atom. The molecule has 1 aromatic rings. The summed E-state index contributed by atoms with van der Waals surface area (Å²) >= 11 is 0. The van der Waals surface area contributed by atoms with E-state index in [0.717, 1.165) is 5.56 Å². The summed E-state index contributed by atoms with van der Waals surface area (Å²) in [4.78, 5) is 25.1. The summed E-state index contributed by atoms with van der Waals surface area (Å²) in [7, 11) is 2.60. The molecule has 0 aliphatic rings. The van der Waals surface area contributed by atoms with Gasteiger partial charge in [-0.05, 0) is 12.0 Å². The third-order valence-corrected chi connectivity index (χ3v) is 2.57. The molecule has 0 saturated carbocycles. The normalized spacial score (nSPS) is 9.61. The molecule has 0 saturated heterocycles. The van der Waals surface area contributed by atoms with Gasteiger partial charge in [0.15, 0.2) is 0 Å². The minimum absolute atomic E-state index is 0.0133. The predicted octanol–water partition coefficient (Wildman–Crippen LogP) is 0.707. The highest BCUT2D eigenvalue weighted by Crippen LogP contribution is 2.17. The number of rotatable bonds is 5. The van der Waals surface area contributed by atoms with Crippen LogP contribution in [0, 0.1) is 11.3 Å². The van der Waals surface area contributed by atoms with Crippen LogP contribution in [0.15, 0.2) is 6.20 Å². The van der Waals surface area contributed by atoms with Gasteiger partial charge in [0, 0.05) is 18.2 Å². The fourth-order valence-electron chi connectivity index (χ4n) is 1.57. The van der Waals surface area contributed by atoms with Crippen molar-refractivity contribution in [2.24, 2.45) is 0 Å². The van der Waals surface area contributed by atoms with Crippen LogP contribution in [0.2, 0.25) is 0 Å². The molecule has 0 spiro atoms. The van der Waals surface area contributed by atoms with Gasteiger partial charge < -0.3 is 14.5 Å².